The minimum atomic E-state index is -2.96. The molecule has 0 bridgehead atoms. The van der Waals surface area contributed by atoms with Crippen molar-refractivity contribution in [2.75, 3.05) is 19.6 Å². The van der Waals surface area contributed by atoms with Crippen molar-refractivity contribution < 1.29 is 23.2 Å². The van der Waals surface area contributed by atoms with E-state index in [1.807, 2.05) is 0 Å². The summed E-state index contributed by atoms with van der Waals surface area (Å²) in [6.07, 6.45) is 7.20. The Hall–Kier alpha value is -3.47. The van der Waals surface area contributed by atoms with E-state index in [2.05, 4.69) is 15.3 Å². The van der Waals surface area contributed by atoms with Crippen LogP contribution in [0.3, 0.4) is 0 Å². The summed E-state index contributed by atoms with van der Waals surface area (Å²) < 4.78 is 28.2. The number of rotatable bonds is 6. The minimum Gasteiger partial charge on any atom is -0.351 e. The highest BCUT2D eigenvalue weighted by Gasteiger charge is 2.47. The average Bonchev–Trinajstić information content (AvgIpc) is 3.49. The second-order valence-corrected chi connectivity index (χ2v) is 12.2. The zero-order valence-electron chi connectivity index (χ0n) is 22.2. The van der Waals surface area contributed by atoms with Crippen LogP contribution < -0.4 is 5.32 Å². The molecule has 3 aliphatic rings. The SMILES string of the molecule is CC(F)(F)c1ccc2sc(C(=O)NCC3CCC[C@H]4CCC(C(=O)N5CC(c6ncccn6)C5)N4C3=O)cc2c1. The van der Waals surface area contributed by atoms with Crippen LogP contribution in [0.5, 0.6) is 0 Å². The van der Waals surface area contributed by atoms with Crippen LogP contribution in [0.25, 0.3) is 10.1 Å². The summed E-state index contributed by atoms with van der Waals surface area (Å²) >= 11 is 1.24. The van der Waals surface area contributed by atoms with E-state index in [-0.39, 0.29) is 41.8 Å². The second-order valence-electron chi connectivity index (χ2n) is 11.1. The van der Waals surface area contributed by atoms with Crippen molar-refractivity contribution >= 4 is 39.1 Å². The maximum atomic E-state index is 13.7. The molecular formula is C29H31F2N5O3S. The fourth-order valence-electron chi connectivity index (χ4n) is 6.15. The van der Waals surface area contributed by atoms with Crippen molar-refractivity contribution in [3.8, 4) is 0 Å². The Morgan fingerprint density at radius 3 is 2.62 bits per heavy atom. The van der Waals surface area contributed by atoms with Gasteiger partial charge in [0.1, 0.15) is 11.9 Å². The van der Waals surface area contributed by atoms with Crippen molar-refractivity contribution in [2.45, 2.75) is 63.0 Å². The highest BCUT2D eigenvalue weighted by Crippen LogP contribution is 2.37. The molecule has 210 valence electrons. The molecule has 3 aromatic rings. The number of fused-ring (bicyclic) bond motifs is 2. The summed E-state index contributed by atoms with van der Waals surface area (Å²) in [6.45, 7) is 2.13. The van der Waals surface area contributed by atoms with E-state index in [4.69, 9.17) is 0 Å². The summed E-state index contributed by atoms with van der Waals surface area (Å²) in [6, 6.07) is 7.36. The summed E-state index contributed by atoms with van der Waals surface area (Å²) in [5.74, 6) is -2.95. The van der Waals surface area contributed by atoms with Crippen molar-refractivity contribution in [3.05, 3.63) is 59.0 Å². The molecule has 6 rings (SSSR count). The molecule has 3 fully saturated rings. The lowest BCUT2D eigenvalue weighted by molar-refractivity contribution is -0.149. The number of halogens is 2. The molecule has 0 saturated carbocycles. The Kier molecular flexibility index (Phi) is 7.02. The maximum Gasteiger partial charge on any atom is 0.270 e. The highest BCUT2D eigenvalue weighted by atomic mass is 32.1. The third-order valence-corrected chi connectivity index (χ3v) is 9.50. The van der Waals surface area contributed by atoms with Gasteiger partial charge in [0, 0.05) is 55.3 Å². The number of carbonyl (C=O) groups excluding carboxylic acids is 3. The molecule has 3 atom stereocenters. The molecule has 2 aromatic heterocycles. The van der Waals surface area contributed by atoms with Crippen LogP contribution in [0, 0.1) is 5.92 Å². The maximum absolute atomic E-state index is 13.7. The van der Waals surface area contributed by atoms with Gasteiger partial charge < -0.3 is 15.1 Å². The predicted molar refractivity (Wildman–Crippen MR) is 146 cm³/mol. The zero-order valence-corrected chi connectivity index (χ0v) is 23.0. The van der Waals surface area contributed by atoms with Crippen LogP contribution >= 0.6 is 11.3 Å². The van der Waals surface area contributed by atoms with E-state index in [1.165, 1.54) is 23.5 Å². The molecule has 0 radical (unpaired) electrons. The Morgan fingerprint density at radius 2 is 1.88 bits per heavy atom. The molecule has 11 heteroatoms. The van der Waals surface area contributed by atoms with Crippen LogP contribution in [-0.4, -0.2) is 69.2 Å². The standard InChI is InChI=1S/C29H31F2N5O3S/c1-29(30,31)20-6-9-23-18(12-20)13-24(40-23)26(37)34-14-17-4-2-5-21-7-8-22(36(21)27(17)38)28(39)35-15-19(16-35)25-32-10-3-11-33-25/h3,6,9-13,17,19,21-22H,2,4-5,7-8,14-16H2,1H3,(H,34,37)/t17?,21-,22?/m0/s1. The van der Waals surface area contributed by atoms with Gasteiger partial charge in [0.15, 0.2) is 0 Å². The number of hydrogen-bond donors (Lipinski definition) is 1. The second kappa shape index (κ2) is 10.5. The van der Waals surface area contributed by atoms with Crippen molar-refractivity contribution in [2.24, 2.45) is 5.92 Å². The molecule has 0 aliphatic carbocycles. The number of benzene rings is 1. The summed E-state index contributed by atoms with van der Waals surface area (Å²) in [7, 11) is 0. The fourth-order valence-corrected chi connectivity index (χ4v) is 7.11. The van der Waals surface area contributed by atoms with Crippen LogP contribution in [0.2, 0.25) is 0 Å². The van der Waals surface area contributed by atoms with Gasteiger partial charge in [-0.25, -0.2) is 18.7 Å². The summed E-state index contributed by atoms with van der Waals surface area (Å²) in [5.41, 5.74) is -0.0970. The molecule has 2 unspecified atom stereocenters. The quantitative estimate of drug-likeness (QED) is 0.479. The van der Waals surface area contributed by atoms with Crippen LogP contribution in [0.15, 0.2) is 42.7 Å². The largest absolute Gasteiger partial charge is 0.351 e. The molecule has 0 spiro atoms. The Bertz CT molecular complexity index is 1440. The summed E-state index contributed by atoms with van der Waals surface area (Å²) in [4.78, 5) is 52.7. The number of aromatic nitrogens is 2. The molecular weight excluding hydrogens is 536 g/mol. The van der Waals surface area contributed by atoms with Crippen molar-refractivity contribution in [1.82, 2.24) is 25.1 Å². The Morgan fingerprint density at radius 1 is 1.10 bits per heavy atom. The molecule has 3 saturated heterocycles. The molecule has 3 amide bonds. The van der Waals surface area contributed by atoms with Gasteiger partial charge in [-0.2, -0.15) is 0 Å². The lowest BCUT2D eigenvalue weighted by Crippen LogP contribution is -2.57. The van der Waals surface area contributed by atoms with Crippen LogP contribution in [0.4, 0.5) is 8.78 Å². The predicted octanol–water partition coefficient (Wildman–Crippen LogP) is 4.32. The normalized spacial score (nSPS) is 23.6. The number of carbonyl (C=O) groups is 3. The Labute approximate surface area is 234 Å². The lowest BCUT2D eigenvalue weighted by atomic mass is 9.96. The summed E-state index contributed by atoms with van der Waals surface area (Å²) in [5, 5.41) is 3.48. The molecule has 8 nitrogen and oxygen atoms in total. The fraction of sp³-hybridized carbons (Fsp3) is 0.483. The van der Waals surface area contributed by atoms with Gasteiger partial charge in [-0.15, -0.1) is 11.3 Å². The van der Waals surface area contributed by atoms with E-state index in [9.17, 15) is 23.2 Å². The molecule has 1 N–H and O–H groups in total. The number of nitrogens with zero attached hydrogens (tertiary/aromatic N) is 4. The average molecular weight is 568 g/mol. The number of nitrogens with one attached hydrogen (secondary N) is 1. The van der Waals surface area contributed by atoms with Gasteiger partial charge in [-0.3, -0.25) is 14.4 Å². The van der Waals surface area contributed by atoms with E-state index in [1.54, 1.807) is 40.4 Å². The number of amides is 3. The smallest absolute Gasteiger partial charge is 0.270 e. The molecule has 1 aromatic carbocycles. The number of likely N-dealkylation sites (tertiary alicyclic amines) is 1. The first kappa shape index (κ1) is 26.7. The van der Waals surface area contributed by atoms with E-state index in [0.717, 1.165) is 36.7 Å². The Balaban J connectivity index is 1.09. The van der Waals surface area contributed by atoms with Gasteiger partial charge in [0.2, 0.25) is 11.8 Å². The number of alkyl halides is 2. The third-order valence-electron chi connectivity index (χ3n) is 8.38. The van der Waals surface area contributed by atoms with E-state index >= 15 is 0 Å². The van der Waals surface area contributed by atoms with Gasteiger partial charge in [-0.1, -0.05) is 12.5 Å². The topological polar surface area (TPSA) is 95.5 Å². The number of hydrogen-bond acceptors (Lipinski definition) is 6. The third kappa shape index (κ3) is 5.07. The first-order valence-corrected chi connectivity index (χ1v) is 14.6. The lowest BCUT2D eigenvalue weighted by Gasteiger charge is -2.41. The van der Waals surface area contributed by atoms with Crippen molar-refractivity contribution in [3.63, 3.8) is 0 Å². The first-order valence-electron chi connectivity index (χ1n) is 13.8. The molecule has 3 aliphatic heterocycles. The van der Waals surface area contributed by atoms with Gasteiger partial charge in [-0.05, 0) is 55.3 Å². The van der Waals surface area contributed by atoms with Crippen LogP contribution in [-0.2, 0) is 15.5 Å². The van der Waals surface area contributed by atoms with Gasteiger partial charge >= 0.3 is 0 Å². The molecule has 5 heterocycles. The number of thiophene rings is 1. The monoisotopic (exact) mass is 567 g/mol. The van der Waals surface area contributed by atoms with Gasteiger partial charge in [0.05, 0.1) is 16.7 Å². The van der Waals surface area contributed by atoms with E-state index in [0.29, 0.717) is 36.2 Å². The first-order chi connectivity index (χ1) is 19.2. The van der Waals surface area contributed by atoms with Gasteiger partial charge in [0.25, 0.3) is 11.8 Å². The molecule has 40 heavy (non-hydrogen) atoms. The van der Waals surface area contributed by atoms with E-state index < -0.39 is 17.9 Å². The van der Waals surface area contributed by atoms with Crippen molar-refractivity contribution in [1.29, 1.82) is 0 Å². The minimum absolute atomic E-state index is 0.0185. The highest BCUT2D eigenvalue weighted by molar-refractivity contribution is 7.20. The zero-order chi connectivity index (χ0) is 28.0. The van der Waals surface area contributed by atoms with Crippen LogP contribution in [0.1, 0.15) is 66.0 Å².